The molecule has 0 radical (unpaired) electrons. The van der Waals surface area contributed by atoms with E-state index in [2.05, 4.69) is 15.1 Å². The van der Waals surface area contributed by atoms with Crippen molar-refractivity contribution in [2.75, 3.05) is 46.3 Å². The Kier molecular flexibility index (Phi) is 5.46. The van der Waals surface area contributed by atoms with Crippen molar-refractivity contribution in [3.05, 3.63) is 35.4 Å². The van der Waals surface area contributed by atoms with Crippen LogP contribution in [0.1, 0.15) is 18.5 Å². The molecule has 1 fully saturated rings. The molecular weight excluding hydrogens is 260 g/mol. The van der Waals surface area contributed by atoms with Gasteiger partial charge in [0.1, 0.15) is 0 Å². The van der Waals surface area contributed by atoms with Crippen LogP contribution in [0.15, 0.2) is 18.2 Å². The number of piperazine rings is 1. The zero-order valence-corrected chi connectivity index (χ0v) is 12.2. The van der Waals surface area contributed by atoms with E-state index in [1.54, 1.807) is 12.1 Å². The fourth-order valence-electron chi connectivity index (χ4n) is 2.51. The van der Waals surface area contributed by atoms with Crippen molar-refractivity contribution in [2.24, 2.45) is 0 Å². The zero-order chi connectivity index (χ0) is 14.5. The van der Waals surface area contributed by atoms with E-state index in [0.717, 1.165) is 45.3 Å². The summed E-state index contributed by atoms with van der Waals surface area (Å²) in [6, 6.07) is 4.25. The highest BCUT2D eigenvalue weighted by Gasteiger charge is 2.19. The minimum Gasteiger partial charge on any atom is -0.314 e. The Hall–Kier alpha value is -1.04. The SMILES string of the molecule is CC(c1cccc(F)c1F)N(C)CCN1CCNCC1. The summed E-state index contributed by atoms with van der Waals surface area (Å²) >= 11 is 0. The van der Waals surface area contributed by atoms with E-state index < -0.39 is 11.6 Å². The number of benzene rings is 1. The van der Waals surface area contributed by atoms with Gasteiger partial charge in [-0.2, -0.15) is 0 Å². The van der Waals surface area contributed by atoms with Crippen LogP contribution < -0.4 is 5.32 Å². The van der Waals surface area contributed by atoms with Crippen LogP contribution in [0.5, 0.6) is 0 Å². The van der Waals surface area contributed by atoms with E-state index in [9.17, 15) is 8.78 Å². The molecule has 3 nitrogen and oxygen atoms in total. The lowest BCUT2D eigenvalue weighted by atomic mass is 10.1. The van der Waals surface area contributed by atoms with Crippen molar-refractivity contribution in [1.29, 1.82) is 0 Å². The summed E-state index contributed by atoms with van der Waals surface area (Å²) in [6.07, 6.45) is 0. The molecule has 1 unspecified atom stereocenters. The van der Waals surface area contributed by atoms with E-state index in [4.69, 9.17) is 0 Å². The first kappa shape index (κ1) is 15.4. The molecule has 1 aromatic carbocycles. The second-order valence-electron chi connectivity index (χ2n) is 5.39. The number of hydrogen-bond donors (Lipinski definition) is 1. The van der Waals surface area contributed by atoms with Crippen molar-refractivity contribution < 1.29 is 8.78 Å². The molecule has 2 rings (SSSR count). The molecule has 1 saturated heterocycles. The van der Waals surface area contributed by atoms with Crippen molar-refractivity contribution in [3.8, 4) is 0 Å². The average molecular weight is 283 g/mol. The number of halogens is 2. The van der Waals surface area contributed by atoms with Gasteiger partial charge in [0.25, 0.3) is 0 Å². The molecule has 1 aliphatic rings. The molecule has 20 heavy (non-hydrogen) atoms. The highest BCUT2D eigenvalue weighted by atomic mass is 19.2. The Balaban J connectivity index is 1.90. The van der Waals surface area contributed by atoms with Gasteiger partial charge in [0.2, 0.25) is 0 Å². The van der Waals surface area contributed by atoms with E-state index in [1.807, 2.05) is 14.0 Å². The van der Waals surface area contributed by atoms with Gasteiger partial charge in [-0.05, 0) is 20.0 Å². The summed E-state index contributed by atoms with van der Waals surface area (Å²) < 4.78 is 27.1. The molecule has 1 N–H and O–H groups in total. The Morgan fingerprint density at radius 1 is 1.30 bits per heavy atom. The minimum absolute atomic E-state index is 0.131. The quantitative estimate of drug-likeness (QED) is 0.890. The van der Waals surface area contributed by atoms with E-state index >= 15 is 0 Å². The van der Waals surface area contributed by atoms with Gasteiger partial charge < -0.3 is 5.32 Å². The maximum Gasteiger partial charge on any atom is 0.163 e. The molecule has 1 aliphatic heterocycles. The van der Waals surface area contributed by atoms with Crippen LogP contribution in [0.4, 0.5) is 8.78 Å². The molecule has 112 valence electrons. The third-order valence-electron chi connectivity index (χ3n) is 4.07. The van der Waals surface area contributed by atoms with E-state index in [0.29, 0.717) is 5.56 Å². The van der Waals surface area contributed by atoms with Gasteiger partial charge in [-0.15, -0.1) is 0 Å². The van der Waals surface area contributed by atoms with E-state index in [1.165, 1.54) is 0 Å². The number of hydrogen-bond acceptors (Lipinski definition) is 3. The lowest BCUT2D eigenvalue weighted by Gasteiger charge is -2.31. The average Bonchev–Trinajstić information content (AvgIpc) is 2.48. The molecular formula is C15H23F2N3. The second-order valence-corrected chi connectivity index (χ2v) is 5.39. The molecule has 0 aliphatic carbocycles. The normalized spacial score (nSPS) is 18.4. The number of nitrogens with zero attached hydrogens (tertiary/aromatic N) is 2. The molecule has 5 heteroatoms. The van der Waals surface area contributed by atoms with Gasteiger partial charge in [-0.25, -0.2) is 8.78 Å². The van der Waals surface area contributed by atoms with Gasteiger partial charge in [0, 0.05) is 50.9 Å². The smallest absolute Gasteiger partial charge is 0.163 e. The van der Waals surface area contributed by atoms with Crippen LogP contribution in [0.3, 0.4) is 0 Å². The third kappa shape index (κ3) is 3.75. The fourth-order valence-corrected chi connectivity index (χ4v) is 2.51. The molecule has 0 bridgehead atoms. The maximum absolute atomic E-state index is 13.8. The number of likely N-dealkylation sites (N-methyl/N-ethyl adjacent to an activating group) is 1. The Labute approximate surface area is 119 Å². The van der Waals surface area contributed by atoms with Crippen LogP contribution in [0.25, 0.3) is 0 Å². The molecule has 1 aromatic rings. The lowest BCUT2D eigenvalue weighted by molar-refractivity contribution is 0.181. The molecule has 0 saturated carbocycles. The van der Waals surface area contributed by atoms with Crippen LogP contribution in [-0.4, -0.2) is 56.1 Å². The van der Waals surface area contributed by atoms with Crippen LogP contribution in [0.2, 0.25) is 0 Å². The minimum atomic E-state index is -0.773. The van der Waals surface area contributed by atoms with Crippen molar-refractivity contribution >= 4 is 0 Å². The molecule has 1 atom stereocenters. The number of rotatable bonds is 5. The molecule has 0 spiro atoms. The summed E-state index contributed by atoms with van der Waals surface area (Å²) in [6.45, 7) is 7.87. The first-order valence-electron chi connectivity index (χ1n) is 7.17. The Morgan fingerprint density at radius 3 is 2.70 bits per heavy atom. The summed E-state index contributed by atoms with van der Waals surface area (Å²) in [5.41, 5.74) is 0.424. The molecule has 0 amide bonds. The van der Waals surface area contributed by atoms with Crippen molar-refractivity contribution in [1.82, 2.24) is 15.1 Å². The summed E-state index contributed by atoms with van der Waals surface area (Å²) in [4.78, 5) is 4.46. The third-order valence-corrected chi connectivity index (χ3v) is 4.07. The standard InChI is InChI=1S/C15H23F2N3/c1-12(13-4-3-5-14(16)15(13)17)19(2)10-11-20-8-6-18-7-9-20/h3-5,12,18H,6-11H2,1-2H3. The summed E-state index contributed by atoms with van der Waals surface area (Å²) in [5.74, 6) is -1.50. The van der Waals surface area contributed by atoms with Gasteiger partial charge in [0.15, 0.2) is 11.6 Å². The summed E-state index contributed by atoms with van der Waals surface area (Å²) in [7, 11) is 1.96. The van der Waals surface area contributed by atoms with Crippen LogP contribution in [-0.2, 0) is 0 Å². The van der Waals surface area contributed by atoms with Gasteiger partial charge in [-0.3, -0.25) is 9.80 Å². The summed E-state index contributed by atoms with van der Waals surface area (Å²) in [5, 5.41) is 3.32. The second kappa shape index (κ2) is 7.11. The van der Waals surface area contributed by atoms with Crippen molar-refractivity contribution in [2.45, 2.75) is 13.0 Å². The Morgan fingerprint density at radius 2 is 2.00 bits per heavy atom. The van der Waals surface area contributed by atoms with Crippen LogP contribution >= 0.6 is 0 Å². The largest absolute Gasteiger partial charge is 0.314 e. The predicted molar refractivity (Wildman–Crippen MR) is 76.7 cm³/mol. The zero-order valence-electron chi connectivity index (χ0n) is 12.2. The van der Waals surface area contributed by atoms with E-state index in [-0.39, 0.29) is 6.04 Å². The Bertz CT molecular complexity index is 433. The maximum atomic E-state index is 13.8. The van der Waals surface area contributed by atoms with Crippen molar-refractivity contribution in [3.63, 3.8) is 0 Å². The lowest BCUT2D eigenvalue weighted by Crippen LogP contribution is -2.46. The van der Waals surface area contributed by atoms with Gasteiger partial charge in [-0.1, -0.05) is 12.1 Å². The highest BCUT2D eigenvalue weighted by Crippen LogP contribution is 2.23. The first-order chi connectivity index (χ1) is 9.59. The van der Waals surface area contributed by atoms with Crippen LogP contribution in [0, 0.1) is 11.6 Å². The highest BCUT2D eigenvalue weighted by molar-refractivity contribution is 5.22. The molecule has 0 aromatic heterocycles. The first-order valence-corrected chi connectivity index (χ1v) is 7.17. The number of nitrogens with one attached hydrogen (secondary N) is 1. The monoisotopic (exact) mass is 283 g/mol. The fraction of sp³-hybridized carbons (Fsp3) is 0.600. The predicted octanol–water partition coefficient (Wildman–Crippen LogP) is 1.86. The topological polar surface area (TPSA) is 18.5 Å². The molecule has 1 heterocycles. The van der Waals surface area contributed by atoms with Gasteiger partial charge in [0.05, 0.1) is 0 Å². The van der Waals surface area contributed by atoms with Gasteiger partial charge >= 0.3 is 0 Å².